The highest BCUT2D eigenvalue weighted by molar-refractivity contribution is 6.83. The second-order valence-corrected chi connectivity index (χ2v) is 12.6. The van der Waals surface area contributed by atoms with Gasteiger partial charge in [0.05, 0.1) is 11.5 Å². The van der Waals surface area contributed by atoms with Crippen molar-refractivity contribution in [1.29, 1.82) is 0 Å². The van der Waals surface area contributed by atoms with Crippen LogP contribution >= 0.6 is 0 Å². The fourth-order valence-corrected chi connectivity index (χ4v) is 3.30. The van der Waals surface area contributed by atoms with E-state index in [0.29, 0.717) is 12.1 Å². The molecule has 2 heterocycles. The summed E-state index contributed by atoms with van der Waals surface area (Å²) in [4.78, 5) is 16.6. The third-order valence-electron chi connectivity index (χ3n) is 4.19. The third-order valence-corrected chi connectivity index (χ3v) is 5.07. The van der Waals surface area contributed by atoms with Gasteiger partial charge in [-0.1, -0.05) is 25.6 Å². The van der Waals surface area contributed by atoms with Crippen molar-refractivity contribution < 1.29 is 18.0 Å². The first-order valence-corrected chi connectivity index (χ1v) is 12.5. The lowest BCUT2D eigenvalue weighted by molar-refractivity contribution is -0.137. The van der Waals surface area contributed by atoms with Crippen molar-refractivity contribution in [3.05, 3.63) is 53.5 Å². The molecule has 0 saturated heterocycles. The maximum Gasteiger partial charge on any atom is 0.416 e. The van der Waals surface area contributed by atoms with Gasteiger partial charge in [0.15, 0.2) is 0 Å². The number of fused-ring (bicyclic) bond motifs is 1. The number of rotatable bonds is 2. The fraction of sp³-hybridized carbons (Fsp3) is 0.300. The highest BCUT2D eigenvalue weighted by atomic mass is 28.3. The SMILES string of the molecule is C[Si](C)(C)C#CC1=CN=C2NC=C(NC(=O)Nc3ccc(C(F)(F)F)cc3)C2C1. The van der Waals surface area contributed by atoms with Gasteiger partial charge in [-0.15, -0.1) is 5.54 Å². The van der Waals surface area contributed by atoms with Crippen molar-refractivity contribution >= 4 is 25.6 Å². The van der Waals surface area contributed by atoms with E-state index >= 15 is 0 Å². The number of benzene rings is 1. The van der Waals surface area contributed by atoms with E-state index in [2.05, 4.69) is 52.0 Å². The summed E-state index contributed by atoms with van der Waals surface area (Å²) in [6.07, 6.45) is -0.388. The van der Waals surface area contributed by atoms with Crippen LogP contribution < -0.4 is 16.0 Å². The van der Waals surface area contributed by atoms with Crippen LogP contribution in [0.25, 0.3) is 0 Å². The van der Waals surface area contributed by atoms with Gasteiger partial charge in [0, 0.05) is 29.4 Å². The lowest BCUT2D eigenvalue weighted by Crippen LogP contribution is -2.33. The summed E-state index contributed by atoms with van der Waals surface area (Å²) in [5, 5.41) is 8.31. The zero-order valence-electron chi connectivity index (χ0n) is 16.2. The zero-order chi connectivity index (χ0) is 21.2. The molecule has 1 aromatic rings. The molecule has 0 fully saturated rings. The van der Waals surface area contributed by atoms with Crippen LogP contribution in [0.4, 0.5) is 23.7 Å². The number of carbonyl (C=O) groups is 1. The van der Waals surface area contributed by atoms with Crippen molar-refractivity contribution in [2.75, 3.05) is 5.32 Å². The number of nitrogens with one attached hydrogen (secondary N) is 3. The quantitative estimate of drug-likeness (QED) is 0.491. The van der Waals surface area contributed by atoms with Gasteiger partial charge in [-0.25, -0.2) is 9.79 Å². The molecule has 5 nitrogen and oxygen atoms in total. The first-order valence-electron chi connectivity index (χ1n) is 9.03. The molecule has 0 saturated carbocycles. The van der Waals surface area contributed by atoms with E-state index in [9.17, 15) is 18.0 Å². The number of hydrogen-bond donors (Lipinski definition) is 3. The molecule has 3 N–H and O–H groups in total. The molecule has 1 unspecified atom stereocenters. The summed E-state index contributed by atoms with van der Waals surface area (Å²) in [7, 11) is -1.51. The fourth-order valence-electron chi connectivity index (χ4n) is 2.76. The number of carbonyl (C=O) groups excluding carboxylic acids is 1. The molecule has 9 heteroatoms. The molecule has 0 radical (unpaired) electrons. The second kappa shape index (κ2) is 7.79. The van der Waals surface area contributed by atoms with Crippen LogP contribution in [0.5, 0.6) is 0 Å². The first-order chi connectivity index (χ1) is 13.5. The van der Waals surface area contributed by atoms with E-state index in [4.69, 9.17) is 0 Å². The molecule has 152 valence electrons. The highest BCUT2D eigenvalue weighted by Gasteiger charge is 2.31. The molecule has 2 aliphatic rings. The number of amidine groups is 1. The average Bonchev–Trinajstić information content (AvgIpc) is 3.01. The normalized spacial score (nSPS) is 18.3. The zero-order valence-corrected chi connectivity index (χ0v) is 17.2. The minimum Gasteiger partial charge on any atom is -0.348 e. The van der Waals surface area contributed by atoms with Crippen LogP contribution in [-0.2, 0) is 6.18 Å². The number of urea groups is 1. The van der Waals surface area contributed by atoms with Gasteiger partial charge in [-0.2, -0.15) is 13.2 Å². The minimum absolute atomic E-state index is 0.135. The molecular weight excluding hydrogens is 397 g/mol. The molecule has 2 amide bonds. The van der Waals surface area contributed by atoms with Gasteiger partial charge in [0.25, 0.3) is 0 Å². The van der Waals surface area contributed by atoms with Crippen LogP contribution in [0.15, 0.2) is 52.9 Å². The number of halogens is 3. The van der Waals surface area contributed by atoms with Gasteiger partial charge in [0.2, 0.25) is 0 Å². The largest absolute Gasteiger partial charge is 0.416 e. The number of alkyl halides is 3. The standard InChI is InChI=1S/C20H21F3N4OSi/c1-29(2,3)9-8-13-10-16-17(12-25-18(16)24-11-13)27-19(28)26-15-6-4-14(5-7-15)20(21,22)23/h4-7,11-12,16H,10H2,1-3H3,(H,24,25)(H2,26,27,28). The molecule has 0 spiro atoms. The first kappa shape index (κ1) is 20.7. The third kappa shape index (κ3) is 5.51. The predicted octanol–water partition coefficient (Wildman–Crippen LogP) is 4.45. The minimum atomic E-state index is -4.42. The Balaban J connectivity index is 1.61. The number of allylic oxidation sites excluding steroid dienone is 1. The predicted molar refractivity (Wildman–Crippen MR) is 110 cm³/mol. The van der Waals surface area contributed by atoms with Crippen LogP contribution in [0, 0.1) is 17.4 Å². The Labute approximate surface area is 168 Å². The van der Waals surface area contributed by atoms with Gasteiger partial charge >= 0.3 is 12.2 Å². The molecule has 0 bridgehead atoms. The summed E-state index contributed by atoms with van der Waals surface area (Å²) >= 11 is 0. The maximum atomic E-state index is 12.6. The second-order valence-electron chi connectivity index (χ2n) is 7.82. The molecule has 0 aromatic heterocycles. The van der Waals surface area contributed by atoms with Crippen LogP contribution in [0.3, 0.4) is 0 Å². The average molecular weight is 418 g/mol. The van der Waals surface area contributed by atoms with Crippen molar-refractivity contribution in [3.63, 3.8) is 0 Å². The number of aliphatic imine (C=N–C) groups is 1. The molecule has 3 rings (SSSR count). The molecule has 1 aromatic carbocycles. The topological polar surface area (TPSA) is 65.5 Å². The Kier molecular flexibility index (Phi) is 5.57. The van der Waals surface area contributed by atoms with E-state index in [1.165, 1.54) is 12.1 Å². The molecule has 2 aliphatic heterocycles. The lowest BCUT2D eigenvalue weighted by atomic mass is 9.96. The smallest absolute Gasteiger partial charge is 0.348 e. The van der Waals surface area contributed by atoms with Crippen molar-refractivity contribution in [3.8, 4) is 11.5 Å². The van der Waals surface area contributed by atoms with Crippen molar-refractivity contribution in [1.82, 2.24) is 10.6 Å². The number of hydrogen-bond acceptors (Lipinski definition) is 3. The number of anilines is 1. The van der Waals surface area contributed by atoms with Crippen LogP contribution in [0.2, 0.25) is 19.6 Å². The summed E-state index contributed by atoms with van der Waals surface area (Å²) in [5.74, 6) is 3.79. The summed E-state index contributed by atoms with van der Waals surface area (Å²) < 4.78 is 37.9. The molecular formula is C20H21F3N4OSi. The van der Waals surface area contributed by atoms with E-state index < -0.39 is 25.8 Å². The lowest BCUT2D eigenvalue weighted by Gasteiger charge is -2.19. The maximum absolute atomic E-state index is 12.6. The van der Waals surface area contributed by atoms with Gasteiger partial charge in [0.1, 0.15) is 13.9 Å². The number of amides is 2. The van der Waals surface area contributed by atoms with Crippen molar-refractivity contribution in [2.24, 2.45) is 10.9 Å². The monoisotopic (exact) mass is 418 g/mol. The Morgan fingerprint density at radius 2 is 1.90 bits per heavy atom. The Morgan fingerprint density at radius 3 is 2.52 bits per heavy atom. The Morgan fingerprint density at radius 1 is 1.21 bits per heavy atom. The van der Waals surface area contributed by atoms with Gasteiger partial charge in [-0.3, -0.25) is 0 Å². The van der Waals surface area contributed by atoms with Crippen LogP contribution in [0.1, 0.15) is 12.0 Å². The van der Waals surface area contributed by atoms with Gasteiger partial charge < -0.3 is 16.0 Å². The molecule has 29 heavy (non-hydrogen) atoms. The molecule has 0 aliphatic carbocycles. The summed E-state index contributed by atoms with van der Waals surface area (Å²) in [5.41, 5.74) is 4.34. The van der Waals surface area contributed by atoms with Crippen molar-refractivity contribution in [2.45, 2.75) is 32.2 Å². The Hall–Kier alpha value is -2.99. The van der Waals surface area contributed by atoms with E-state index in [1.807, 2.05) is 0 Å². The molecule has 1 atom stereocenters. The highest BCUT2D eigenvalue weighted by Crippen LogP contribution is 2.30. The summed E-state index contributed by atoms with van der Waals surface area (Å²) in [6.45, 7) is 6.48. The number of nitrogens with zero attached hydrogens (tertiary/aromatic N) is 1. The summed E-state index contributed by atoms with van der Waals surface area (Å²) in [6, 6.07) is 3.73. The van der Waals surface area contributed by atoms with Gasteiger partial charge in [-0.05, 0) is 30.7 Å². The van der Waals surface area contributed by atoms with Crippen LogP contribution in [-0.4, -0.2) is 19.9 Å². The van der Waals surface area contributed by atoms with E-state index in [-0.39, 0.29) is 11.6 Å². The van der Waals surface area contributed by atoms with E-state index in [0.717, 1.165) is 23.5 Å². The Bertz CT molecular complexity index is 961. The van der Waals surface area contributed by atoms with E-state index in [1.54, 1.807) is 12.4 Å².